The molecule has 1 fully saturated rings. The van der Waals surface area contributed by atoms with Crippen molar-refractivity contribution in [1.29, 1.82) is 0 Å². The normalized spacial score (nSPS) is 15.1. The van der Waals surface area contributed by atoms with Crippen molar-refractivity contribution in [3.05, 3.63) is 70.5 Å². The molecule has 1 aliphatic heterocycles. The van der Waals surface area contributed by atoms with Crippen LogP contribution in [0.5, 0.6) is 0 Å². The molecule has 4 rings (SSSR count). The number of carbonyl (C=O) groups excluding carboxylic acids is 1. The van der Waals surface area contributed by atoms with Crippen molar-refractivity contribution >= 4 is 64.6 Å². The molecule has 1 aliphatic rings. The average Bonchev–Trinajstić information content (AvgIpc) is 2.68. The second kappa shape index (κ2) is 9.81. The quantitative estimate of drug-likeness (QED) is 0.439. The van der Waals surface area contributed by atoms with Crippen LogP contribution in [0.4, 0.5) is 11.4 Å². The van der Waals surface area contributed by atoms with E-state index in [1.165, 1.54) is 0 Å². The third kappa shape index (κ3) is 5.33. The summed E-state index contributed by atoms with van der Waals surface area (Å²) in [5.74, 6) is -0.0322. The maximum absolute atomic E-state index is 12.7. The molecule has 0 aliphatic carbocycles. The van der Waals surface area contributed by atoms with E-state index in [0.717, 1.165) is 22.3 Å². The van der Waals surface area contributed by atoms with E-state index in [-0.39, 0.29) is 35.4 Å². The lowest BCUT2D eigenvalue weighted by molar-refractivity contribution is -0.864. The van der Waals surface area contributed by atoms with Gasteiger partial charge in [-0.2, -0.15) is 0 Å². The Kier molecular flexibility index (Phi) is 7.91. The minimum absolute atomic E-state index is 0. The molecule has 6 nitrogen and oxygen atoms in total. The summed E-state index contributed by atoms with van der Waals surface area (Å²) >= 11 is 6.04. The highest BCUT2D eigenvalue weighted by molar-refractivity contribution is 6.31. The van der Waals surface area contributed by atoms with Crippen LogP contribution in [0.3, 0.4) is 0 Å². The van der Waals surface area contributed by atoms with Gasteiger partial charge in [-0.3, -0.25) is 9.78 Å². The van der Waals surface area contributed by atoms with Crippen molar-refractivity contribution in [2.24, 2.45) is 0 Å². The molecular weight excluding hydrogens is 447 g/mol. The van der Waals surface area contributed by atoms with Gasteiger partial charge >= 0.3 is 0 Å². The smallest absolute Gasteiger partial charge is 0.254 e. The summed E-state index contributed by atoms with van der Waals surface area (Å²) in [5, 5.41) is 16.9. The standard InChI is InChI=1S/C21H21ClN4O2.2ClH/c1-26(28)12-10-25(11-13-26)21(27)15-2-5-17(6-3-15)24-19-8-9-23-20-14-16(22)4-7-18(19)20;;/h2-9,14H,10-13H2,1H3,(H,23,24);2*1H. The van der Waals surface area contributed by atoms with E-state index in [0.29, 0.717) is 36.8 Å². The van der Waals surface area contributed by atoms with Gasteiger partial charge in [0.15, 0.2) is 0 Å². The lowest BCUT2D eigenvalue weighted by atomic mass is 10.1. The monoisotopic (exact) mass is 468 g/mol. The van der Waals surface area contributed by atoms with Gasteiger partial charge in [0.05, 0.1) is 38.7 Å². The van der Waals surface area contributed by atoms with E-state index >= 15 is 0 Å². The third-order valence-corrected chi connectivity index (χ3v) is 5.32. The summed E-state index contributed by atoms with van der Waals surface area (Å²) in [6.45, 7) is 1.85. The van der Waals surface area contributed by atoms with Crippen molar-refractivity contribution < 1.29 is 9.44 Å². The molecular formula is C21H23Cl3N4O2. The summed E-state index contributed by atoms with van der Waals surface area (Å²) in [4.78, 5) is 18.8. The first kappa shape index (κ1) is 24.2. The van der Waals surface area contributed by atoms with E-state index in [1.807, 2.05) is 48.5 Å². The number of hydrogen-bond donors (Lipinski definition) is 1. The van der Waals surface area contributed by atoms with Crippen LogP contribution in [0.25, 0.3) is 10.9 Å². The molecule has 1 saturated heterocycles. The summed E-state index contributed by atoms with van der Waals surface area (Å²) in [7, 11) is 1.65. The number of amides is 1. The van der Waals surface area contributed by atoms with Crippen LogP contribution < -0.4 is 5.32 Å². The predicted molar refractivity (Wildman–Crippen MR) is 126 cm³/mol. The molecule has 30 heavy (non-hydrogen) atoms. The van der Waals surface area contributed by atoms with Crippen LogP contribution in [0, 0.1) is 5.21 Å². The first-order valence-corrected chi connectivity index (χ1v) is 9.55. The Labute approximate surface area is 192 Å². The van der Waals surface area contributed by atoms with E-state index in [2.05, 4.69) is 10.3 Å². The maximum atomic E-state index is 12.7. The van der Waals surface area contributed by atoms with Gasteiger partial charge in [-0.25, -0.2) is 0 Å². The Hall–Kier alpha value is -2.09. The Morgan fingerprint density at radius 2 is 1.77 bits per heavy atom. The molecule has 0 radical (unpaired) electrons. The SMILES string of the molecule is C[N+]1([O-])CCN(C(=O)c2ccc(Nc3ccnc4cc(Cl)ccc34)cc2)CC1.Cl.Cl. The Balaban J connectivity index is 0.00000160. The molecule has 0 atom stereocenters. The second-order valence-electron chi connectivity index (χ2n) is 7.26. The highest BCUT2D eigenvalue weighted by Crippen LogP contribution is 2.27. The number of hydrogen-bond acceptors (Lipinski definition) is 4. The highest BCUT2D eigenvalue weighted by atomic mass is 35.5. The molecule has 160 valence electrons. The van der Waals surface area contributed by atoms with E-state index < -0.39 is 0 Å². The zero-order chi connectivity index (χ0) is 19.7. The fourth-order valence-electron chi connectivity index (χ4n) is 3.36. The van der Waals surface area contributed by atoms with E-state index in [4.69, 9.17) is 11.6 Å². The van der Waals surface area contributed by atoms with Gasteiger partial charge in [0.1, 0.15) is 0 Å². The minimum atomic E-state index is -0.280. The summed E-state index contributed by atoms with van der Waals surface area (Å²) in [6, 6.07) is 14.9. The fraction of sp³-hybridized carbons (Fsp3) is 0.238. The third-order valence-electron chi connectivity index (χ3n) is 5.09. The predicted octanol–water partition coefficient (Wildman–Crippen LogP) is 4.88. The largest absolute Gasteiger partial charge is 0.633 e. The van der Waals surface area contributed by atoms with Crippen LogP contribution in [-0.2, 0) is 0 Å². The molecule has 1 aromatic heterocycles. The van der Waals surface area contributed by atoms with Crippen molar-refractivity contribution in [3.8, 4) is 0 Å². The number of benzene rings is 2. The van der Waals surface area contributed by atoms with Gasteiger partial charge in [0, 0.05) is 33.5 Å². The number of pyridine rings is 1. The van der Waals surface area contributed by atoms with Crippen molar-refractivity contribution in [2.75, 3.05) is 38.5 Å². The molecule has 0 bridgehead atoms. The molecule has 1 N–H and O–H groups in total. The molecule has 0 spiro atoms. The Morgan fingerprint density at radius 3 is 2.43 bits per heavy atom. The number of fused-ring (bicyclic) bond motifs is 1. The minimum Gasteiger partial charge on any atom is -0.633 e. The van der Waals surface area contributed by atoms with Crippen molar-refractivity contribution in [2.45, 2.75) is 0 Å². The van der Waals surface area contributed by atoms with Gasteiger partial charge in [-0.1, -0.05) is 11.6 Å². The van der Waals surface area contributed by atoms with Crippen LogP contribution >= 0.6 is 36.4 Å². The number of piperazine rings is 1. The number of carbonyl (C=O) groups is 1. The first-order chi connectivity index (χ1) is 13.4. The molecule has 1 amide bonds. The van der Waals surface area contributed by atoms with Crippen LogP contribution in [0.1, 0.15) is 10.4 Å². The number of halogens is 3. The summed E-state index contributed by atoms with van der Waals surface area (Å²) < 4.78 is -0.280. The molecule has 9 heteroatoms. The molecule has 3 aromatic rings. The van der Waals surface area contributed by atoms with Gasteiger partial charge in [0.25, 0.3) is 5.91 Å². The lowest BCUT2D eigenvalue weighted by Crippen LogP contribution is -2.55. The number of nitrogens with zero attached hydrogens (tertiary/aromatic N) is 3. The van der Waals surface area contributed by atoms with Crippen LogP contribution in [0.15, 0.2) is 54.7 Å². The molecule has 0 saturated carbocycles. The van der Waals surface area contributed by atoms with Gasteiger partial charge in [-0.05, 0) is 48.5 Å². The number of likely N-dealkylation sites (N-methyl/N-ethyl adjacent to an activating group) is 1. The zero-order valence-electron chi connectivity index (χ0n) is 16.4. The molecule has 2 heterocycles. The fourth-order valence-corrected chi connectivity index (χ4v) is 3.52. The Bertz CT molecular complexity index is 1020. The lowest BCUT2D eigenvalue weighted by Gasteiger charge is -2.45. The number of nitrogens with one attached hydrogen (secondary N) is 1. The van der Waals surface area contributed by atoms with Gasteiger partial charge in [0.2, 0.25) is 0 Å². The summed E-state index contributed by atoms with van der Waals surface area (Å²) in [5.41, 5.74) is 3.24. The van der Waals surface area contributed by atoms with Gasteiger partial charge < -0.3 is 20.1 Å². The number of aromatic nitrogens is 1. The first-order valence-electron chi connectivity index (χ1n) is 9.17. The highest BCUT2D eigenvalue weighted by Gasteiger charge is 2.25. The van der Waals surface area contributed by atoms with E-state index in [9.17, 15) is 10.0 Å². The van der Waals surface area contributed by atoms with Crippen LogP contribution in [0.2, 0.25) is 5.02 Å². The average molecular weight is 470 g/mol. The number of quaternary nitrogens is 1. The van der Waals surface area contributed by atoms with Crippen LogP contribution in [-0.4, -0.2) is 53.7 Å². The number of hydroxylamine groups is 3. The van der Waals surface area contributed by atoms with Crippen molar-refractivity contribution in [3.63, 3.8) is 0 Å². The summed E-state index contributed by atoms with van der Waals surface area (Å²) in [6.07, 6.45) is 1.73. The van der Waals surface area contributed by atoms with Gasteiger partial charge in [-0.15, -0.1) is 24.8 Å². The van der Waals surface area contributed by atoms with Crippen molar-refractivity contribution in [1.82, 2.24) is 9.88 Å². The number of anilines is 2. The molecule has 0 unspecified atom stereocenters. The topological polar surface area (TPSA) is 68.3 Å². The zero-order valence-corrected chi connectivity index (χ0v) is 18.8. The Morgan fingerprint density at radius 1 is 1.10 bits per heavy atom. The second-order valence-corrected chi connectivity index (χ2v) is 7.70. The maximum Gasteiger partial charge on any atom is 0.254 e. The van der Waals surface area contributed by atoms with E-state index in [1.54, 1.807) is 18.1 Å². The molecule has 2 aromatic carbocycles. The number of rotatable bonds is 3.